The van der Waals surface area contributed by atoms with E-state index in [-0.39, 0.29) is 0 Å². The second kappa shape index (κ2) is 3.64. The number of benzene rings is 1. The third kappa shape index (κ3) is 1.84. The maximum absolute atomic E-state index is 5.80. The molecule has 0 aliphatic carbocycles. The zero-order chi connectivity index (χ0) is 9.26. The van der Waals surface area contributed by atoms with E-state index in [4.69, 9.17) is 23.8 Å². The van der Waals surface area contributed by atoms with Gasteiger partial charge in [0.1, 0.15) is 0 Å². The van der Waals surface area contributed by atoms with Crippen LogP contribution in [0.1, 0.15) is 12.8 Å². The lowest BCUT2D eigenvalue weighted by Gasteiger charge is -2.17. The fraction of sp³-hybridized carbons (Fsp3) is 0.300. The molecule has 1 heterocycles. The van der Waals surface area contributed by atoms with Gasteiger partial charge >= 0.3 is 0 Å². The summed E-state index contributed by atoms with van der Waals surface area (Å²) in [5, 5.41) is 0.772. The number of rotatable bonds is 1. The van der Waals surface area contributed by atoms with Crippen molar-refractivity contribution in [3.05, 3.63) is 29.3 Å². The van der Waals surface area contributed by atoms with Crippen molar-refractivity contribution in [2.75, 3.05) is 11.4 Å². The van der Waals surface area contributed by atoms with E-state index in [0.717, 1.165) is 28.7 Å². The van der Waals surface area contributed by atoms with Crippen LogP contribution in [-0.2, 0) is 0 Å². The Hall–Kier alpha value is -0.600. The Labute approximate surface area is 88.3 Å². The molecule has 1 fully saturated rings. The van der Waals surface area contributed by atoms with Crippen molar-refractivity contribution in [3.8, 4) is 0 Å². The van der Waals surface area contributed by atoms with Gasteiger partial charge in [-0.3, -0.25) is 0 Å². The van der Waals surface area contributed by atoms with Crippen LogP contribution in [0.2, 0.25) is 5.02 Å². The van der Waals surface area contributed by atoms with Crippen LogP contribution in [0.15, 0.2) is 24.3 Å². The van der Waals surface area contributed by atoms with Crippen molar-refractivity contribution < 1.29 is 0 Å². The van der Waals surface area contributed by atoms with Crippen LogP contribution < -0.4 is 4.90 Å². The molecule has 0 N–H and O–H groups in total. The highest BCUT2D eigenvalue weighted by Crippen LogP contribution is 2.23. The first-order chi connectivity index (χ1) is 6.27. The fourth-order valence-corrected chi connectivity index (χ4v) is 2.01. The summed E-state index contributed by atoms with van der Waals surface area (Å²) in [4.78, 5) is 3.22. The van der Waals surface area contributed by atoms with Crippen molar-refractivity contribution in [3.63, 3.8) is 0 Å². The summed E-state index contributed by atoms with van der Waals surface area (Å²) < 4.78 is 0. The van der Waals surface area contributed by atoms with E-state index in [9.17, 15) is 0 Å². The predicted molar refractivity (Wildman–Crippen MR) is 60.6 cm³/mol. The molecular weight excluding hydrogens is 202 g/mol. The minimum Gasteiger partial charge on any atom is -0.336 e. The molecule has 0 aromatic heterocycles. The molecule has 13 heavy (non-hydrogen) atoms. The Bertz CT molecular complexity index is 320. The number of nitrogens with zero attached hydrogens (tertiary/aromatic N) is 1. The summed E-state index contributed by atoms with van der Waals surface area (Å²) in [7, 11) is 0. The zero-order valence-electron chi connectivity index (χ0n) is 7.16. The van der Waals surface area contributed by atoms with Crippen molar-refractivity contribution in [1.29, 1.82) is 0 Å². The van der Waals surface area contributed by atoms with Crippen molar-refractivity contribution in [2.24, 2.45) is 0 Å². The number of halogens is 1. The zero-order valence-corrected chi connectivity index (χ0v) is 8.74. The Kier molecular flexibility index (Phi) is 2.51. The lowest BCUT2D eigenvalue weighted by molar-refractivity contribution is 0.956. The monoisotopic (exact) mass is 211 g/mol. The third-order valence-corrected chi connectivity index (χ3v) is 2.89. The SMILES string of the molecule is S=C1CCCN1c1ccc(Cl)cc1. The molecule has 0 amide bonds. The summed E-state index contributed by atoms with van der Waals surface area (Å²) >= 11 is 11.1. The van der Waals surface area contributed by atoms with Gasteiger partial charge in [0.15, 0.2) is 0 Å². The van der Waals surface area contributed by atoms with E-state index in [1.165, 1.54) is 6.42 Å². The number of hydrogen-bond acceptors (Lipinski definition) is 1. The minimum atomic E-state index is 0.772. The minimum absolute atomic E-state index is 0.772. The number of anilines is 1. The Morgan fingerprint density at radius 1 is 1.23 bits per heavy atom. The Morgan fingerprint density at radius 3 is 2.46 bits per heavy atom. The van der Waals surface area contributed by atoms with Crippen molar-refractivity contribution in [1.82, 2.24) is 0 Å². The van der Waals surface area contributed by atoms with E-state index in [1.54, 1.807) is 0 Å². The molecule has 3 heteroatoms. The molecule has 0 unspecified atom stereocenters. The van der Waals surface area contributed by atoms with Crippen LogP contribution in [0.25, 0.3) is 0 Å². The van der Waals surface area contributed by atoms with E-state index >= 15 is 0 Å². The van der Waals surface area contributed by atoms with E-state index < -0.39 is 0 Å². The summed E-state index contributed by atoms with van der Waals surface area (Å²) in [6, 6.07) is 7.83. The predicted octanol–water partition coefficient (Wildman–Crippen LogP) is 3.27. The molecule has 1 nitrogen and oxygen atoms in total. The molecule has 0 atom stereocenters. The van der Waals surface area contributed by atoms with Gasteiger partial charge < -0.3 is 4.90 Å². The molecule has 1 aliphatic heterocycles. The van der Waals surface area contributed by atoms with Gasteiger partial charge in [-0.2, -0.15) is 0 Å². The first kappa shape index (κ1) is 8.97. The second-order valence-electron chi connectivity index (χ2n) is 3.13. The quantitative estimate of drug-likeness (QED) is 0.656. The molecule has 68 valence electrons. The molecule has 1 aromatic carbocycles. The standard InChI is InChI=1S/C10H10ClNS/c11-8-3-5-9(6-4-8)12-7-1-2-10(12)13/h3-6H,1-2,7H2. The van der Waals surface area contributed by atoms with Crippen LogP contribution in [0.3, 0.4) is 0 Å². The molecule has 0 saturated carbocycles. The van der Waals surface area contributed by atoms with Gasteiger partial charge in [0, 0.05) is 17.3 Å². The molecule has 0 spiro atoms. The number of thiocarbonyl (C=S) groups is 1. The average Bonchev–Trinajstić information content (AvgIpc) is 2.53. The lowest BCUT2D eigenvalue weighted by atomic mass is 10.3. The molecule has 0 radical (unpaired) electrons. The average molecular weight is 212 g/mol. The maximum Gasteiger partial charge on any atom is 0.0824 e. The van der Waals surface area contributed by atoms with Gasteiger partial charge in [0.25, 0.3) is 0 Å². The van der Waals surface area contributed by atoms with Gasteiger partial charge in [-0.05, 0) is 37.1 Å². The third-order valence-electron chi connectivity index (χ3n) is 2.21. The van der Waals surface area contributed by atoms with Gasteiger partial charge in [-0.1, -0.05) is 23.8 Å². The molecule has 2 rings (SSSR count). The van der Waals surface area contributed by atoms with Gasteiger partial charge in [-0.25, -0.2) is 0 Å². The molecule has 1 saturated heterocycles. The van der Waals surface area contributed by atoms with Crippen molar-refractivity contribution in [2.45, 2.75) is 12.8 Å². The molecular formula is C10H10ClNS. The first-order valence-electron chi connectivity index (χ1n) is 4.33. The number of hydrogen-bond donors (Lipinski definition) is 0. The maximum atomic E-state index is 5.80. The topological polar surface area (TPSA) is 3.24 Å². The van der Waals surface area contributed by atoms with E-state index in [0.29, 0.717) is 0 Å². The highest BCUT2D eigenvalue weighted by molar-refractivity contribution is 7.80. The Morgan fingerprint density at radius 2 is 1.92 bits per heavy atom. The van der Waals surface area contributed by atoms with Crippen LogP contribution in [0.5, 0.6) is 0 Å². The van der Waals surface area contributed by atoms with Gasteiger partial charge in [0.05, 0.1) is 4.99 Å². The molecule has 1 aromatic rings. The Balaban J connectivity index is 2.25. The van der Waals surface area contributed by atoms with Crippen LogP contribution in [0.4, 0.5) is 5.69 Å². The summed E-state index contributed by atoms with van der Waals surface area (Å²) in [5.74, 6) is 0. The normalized spacial score (nSPS) is 16.7. The summed E-state index contributed by atoms with van der Waals surface area (Å²) in [5.41, 5.74) is 1.16. The lowest BCUT2D eigenvalue weighted by Crippen LogP contribution is -2.21. The molecule has 1 aliphatic rings. The molecule has 0 bridgehead atoms. The second-order valence-corrected chi connectivity index (χ2v) is 4.03. The summed E-state index contributed by atoms with van der Waals surface area (Å²) in [6.07, 6.45) is 2.21. The highest BCUT2D eigenvalue weighted by Gasteiger charge is 2.17. The van der Waals surface area contributed by atoms with Crippen LogP contribution >= 0.6 is 23.8 Å². The van der Waals surface area contributed by atoms with E-state index in [1.807, 2.05) is 24.3 Å². The highest BCUT2D eigenvalue weighted by atomic mass is 35.5. The first-order valence-corrected chi connectivity index (χ1v) is 5.12. The fourth-order valence-electron chi connectivity index (χ4n) is 1.54. The van der Waals surface area contributed by atoms with E-state index in [2.05, 4.69) is 4.90 Å². The van der Waals surface area contributed by atoms with Crippen LogP contribution in [-0.4, -0.2) is 11.5 Å². The summed E-state index contributed by atoms with van der Waals surface area (Å²) in [6.45, 7) is 1.04. The smallest absolute Gasteiger partial charge is 0.0824 e. The largest absolute Gasteiger partial charge is 0.336 e. The van der Waals surface area contributed by atoms with Gasteiger partial charge in [0.2, 0.25) is 0 Å². The van der Waals surface area contributed by atoms with Crippen molar-refractivity contribution >= 4 is 34.5 Å². The van der Waals surface area contributed by atoms with Crippen LogP contribution in [0, 0.1) is 0 Å². The van der Waals surface area contributed by atoms with Gasteiger partial charge in [-0.15, -0.1) is 0 Å².